The molecule has 2 aliphatic rings. The number of hydrogen-bond donors (Lipinski definition) is 0. The molecule has 3 atom stereocenters. The molecule has 2 bridgehead atoms. The van der Waals surface area contributed by atoms with Gasteiger partial charge >= 0.3 is 0 Å². The number of ether oxygens (including phenoxy) is 4. The maximum atomic E-state index is 12.1. The van der Waals surface area contributed by atoms with E-state index < -0.39 is 6.29 Å². The molecule has 26 heavy (non-hydrogen) atoms. The van der Waals surface area contributed by atoms with Crippen molar-refractivity contribution in [1.82, 2.24) is 14.3 Å². The second kappa shape index (κ2) is 6.49. The van der Waals surface area contributed by atoms with Crippen LogP contribution in [0.2, 0.25) is 0 Å². The van der Waals surface area contributed by atoms with Crippen molar-refractivity contribution >= 4 is 18.0 Å². The number of benzene rings is 1. The molecule has 0 saturated carbocycles. The van der Waals surface area contributed by atoms with E-state index in [-0.39, 0.29) is 17.9 Å². The van der Waals surface area contributed by atoms with Gasteiger partial charge in [-0.1, -0.05) is 0 Å². The van der Waals surface area contributed by atoms with Crippen LogP contribution in [0.15, 0.2) is 18.2 Å². The first-order valence-electron chi connectivity index (χ1n) is 8.21. The highest BCUT2D eigenvalue weighted by atomic mass is 32.1. The van der Waals surface area contributed by atoms with E-state index in [1.165, 1.54) is 0 Å². The van der Waals surface area contributed by atoms with E-state index in [1.54, 1.807) is 18.9 Å². The van der Waals surface area contributed by atoms with E-state index in [0.717, 1.165) is 5.56 Å². The molecule has 0 N–H and O–H groups in total. The van der Waals surface area contributed by atoms with Gasteiger partial charge in [-0.3, -0.25) is 4.79 Å². The lowest BCUT2D eigenvalue weighted by molar-refractivity contribution is -0.156. The van der Waals surface area contributed by atoms with Gasteiger partial charge in [-0.2, -0.15) is 5.10 Å². The number of ketones is 1. The number of carbonyl (C=O) groups excluding carboxylic acids is 1. The predicted octanol–water partition coefficient (Wildman–Crippen LogP) is 1.89. The molecule has 0 radical (unpaired) electrons. The van der Waals surface area contributed by atoms with Crippen LogP contribution < -0.4 is 9.47 Å². The molecule has 2 aromatic rings. The number of nitrogens with zero attached hydrogens (tertiary/aromatic N) is 3. The zero-order valence-corrected chi connectivity index (χ0v) is 15.5. The zero-order valence-electron chi connectivity index (χ0n) is 14.7. The monoisotopic (exact) mass is 377 g/mol. The molecular formula is C17H19N3O5S. The van der Waals surface area contributed by atoms with Gasteiger partial charge in [-0.05, 0) is 30.4 Å². The van der Waals surface area contributed by atoms with E-state index in [2.05, 4.69) is 5.10 Å². The molecule has 1 aromatic carbocycles. The lowest BCUT2D eigenvalue weighted by Crippen LogP contribution is -2.37. The third-order valence-corrected chi connectivity index (χ3v) is 5.23. The smallest absolute Gasteiger partial charge is 0.218 e. The number of rotatable bonds is 4. The minimum atomic E-state index is -0.737. The van der Waals surface area contributed by atoms with Crippen molar-refractivity contribution in [3.05, 3.63) is 23.0 Å². The minimum absolute atomic E-state index is 0.0797. The van der Waals surface area contributed by atoms with E-state index in [0.29, 0.717) is 35.1 Å². The Kier molecular flexibility index (Phi) is 4.29. The van der Waals surface area contributed by atoms with Crippen molar-refractivity contribution < 1.29 is 23.7 Å². The number of carbonyl (C=O) groups is 1. The average Bonchev–Trinajstić information content (AvgIpc) is 3.21. The van der Waals surface area contributed by atoms with Crippen LogP contribution in [-0.4, -0.2) is 53.4 Å². The van der Waals surface area contributed by atoms with Gasteiger partial charge in [0, 0.05) is 19.0 Å². The largest absolute Gasteiger partial charge is 0.493 e. The van der Waals surface area contributed by atoms with E-state index >= 15 is 0 Å². The molecule has 2 aliphatic heterocycles. The lowest BCUT2D eigenvalue weighted by Gasteiger charge is -2.26. The van der Waals surface area contributed by atoms with Crippen molar-refractivity contribution in [2.75, 3.05) is 20.8 Å². The molecule has 3 heterocycles. The summed E-state index contributed by atoms with van der Waals surface area (Å²) in [6, 6.07) is 5.28. The SMILES string of the molecule is COc1ccc(-c2nn([C@H]3CC(=O)[C@H]4OC[C@@H]3O4)c(=S)n2C)cc1OC. The van der Waals surface area contributed by atoms with Gasteiger partial charge < -0.3 is 23.5 Å². The third kappa shape index (κ3) is 2.63. The first-order chi connectivity index (χ1) is 12.5. The Morgan fingerprint density at radius 2 is 2.04 bits per heavy atom. The predicted molar refractivity (Wildman–Crippen MR) is 93.8 cm³/mol. The number of fused-ring (bicyclic) bond motifs is 2. The Morgan fingerprint density at radius 3 is 2.77 bits per heavy atom. The second-order valence-corrected chi connectivity index (χ2v) is 6.62. The van der Waals surface area contributed by atoms with Crippen molar-refractivity contribution in [1.29, 1.82) is 0 Å². The van der Waals surface area contributed by atoms with E-state index in [1.807, 2.05) is 29.8 Å². The lowest BCUT2D eigenvalue weighted by atomic mass is 10.0. The summed E-state index contributed by atoms with van der Waals surface area (Å²) in [4.78, 5) is 12.1. The van der Waals surface area contributed by atoms with Gasteiger partial charge in [-0.25, -0.2) is 4.68 Å². The van der Waals surface area contributed by atoms with Gasteiger partial charge in [0.15, 0.2) is 27.9 Å². The average molecular weight is 377 g/mol. The maximum absolute atomic E-state index is 12.1. The summed E-state index contributed by atoms with van der Waals surface area (Å²) in [6.07, 6.45) is -0.663. The summed E-state index contributed by atoms with van der Waals surface area (Å²) in [5, 5.41) is 4.68. The summed E-state index contributed by atoms with van der Waals surface area (Å²) in [5.41, 5.74) is 0.832. The fraction of sp³-hybridized carbons (Fsp3) is 0.471. The standard InChI is InChI=1S/C17H19N3O5S/c1-19-15(9-4-5-12(22-2)13(6-9)23-3)18-20(17(19)26)10-7-11(21)16-24-8-14(10)25-16/h4-6,10,14,16H,7-8H2,1-3H3/t10-,14-,16-/m0/s1. The van der Waals surface area contributed by atoms with Gasteiger partial charge in [0.2, 0.25) is 6.29 Å². The molecule has 1 aromatic heterocycles. The molecule has 0 amide bonds. The number of methoxy groups -OCH3 is 2. The Labute approximate surface area is 155 Å². The summed E-state index contributed by atoms with van der Waals surface area (Å²) < 4.78 is 25.7. The fourth-order valence-corrected chi connectivity index (χ4v) is 3.63. The Morgan fingerprint density at radius 1 is 1.27 bits per heavy atom. The molecule has 9 heteroatoms. The van der Waals surface area contributed by atoms with E-state index in [9.17, 15) is 4.79 Å². The molecule has 2 saturated heterocycles. The van der Waals surface area contributed by atoms with Crippen LogP contribution in [0.3, 0.4) is 0 Å². The summed E-state index contributed by atoms with van der Waals surface area (Å²) in [5.74, 6) is 1.83. The Bertz CT molecular complexity index is 922. The van der Waals surface area contributed by atoms with Crippen LogP contribution in [0.4, 0.5) is 0 Å². The van der Waals surface area contributed by atoms with Crippen LogP contribution in [0.1, 0.15) is 12.5 Å². The van der Waals surface area contributed by atoms with E-state index in [4.69, 9.17) is 31.2 Å². The van der Waals surface area contributed by atoms with Crippen LogP contribution >= 0.6 is 12.2 Å². The summed E-state index contributed by atoms with van der Waals surface area (Å²) in [7, 11) is 5.02. The van der Waals surface area contributed by atoms with Crippen molar-refractivity contribution in [3.63, 3.8) is 0 Å². The maximum Gasteiger partial charge on any atom is 0.218 e. The molecule has 8 nitrogen and oxygen atoms in total. The van der Waals surface area contributed by atoms with Crippen LogP contribution in [0.25, 0.3) is 11.4 Å². The van der Waals surface area contributed by atoms with Gasteiger partial charge in [0.1, 0.15) is 6.10 Å². The van der Waals surface area contributed by atoms with Gasteiger partial charge in [-0.15, -0.1) is 0 Å². The number of aromatic nitrogens is 3. The number of hydrogen-bond acceptors (Lipinski definition) is 7. The molecule has 0 aliphatic carbocycles. The first-order valence-corrected chi connectivity index (χ1v) is 8.62. The van der Waals surface area contributed by atoms with Gasteiger partial charge in [0.05, 0.1) is 26.9 Å². The third-order valence-electron chi connectivity index (χ3n) is 4.77. The first kappa shape index (κ1) is 17.2. The zero-order chi connectivity index (χ0) is 18.4. The summed E-state index contributed by atoms with van der Waals surface area (Å²) in [6.45, 7) is 0.366. The number of Topliss-reactive ketones (excluding diaryl/α,β-unsaturated/α-hetero) is 1. The van der Waals surface area contributed by atoms with Crippen molar-refractivity contribution in [2.45, 2.75) is 24.9 Å². The minimum Gasteiger partial charge on any atom is -0.493 e. The topological polar surface area (TPSA) is 76.7 Å². The van der Waals surface area contributed by atoms with Crippen LogP contribution in [0.5, 0.6) is 11.5 Å². The van der Waals surface area contributed by atoms with Gasteiger partial charge in [0.25, 0.3) is 0 Å². The van der Waals surface area contributed by atoms with Crippen LogP contribution in [0, 0.1) is 4.77 Å². The normalized spacial score (nSPS) is 24.7. The quantitative estimate of drug-likeness (QED) is 0.753. The second-order valence-electron chi connectivity index (χ2n) is 6.26. The summed E-state index contributed by atoms with van der Waals surface area (Å²) >= 11 is 5.56. The molecule has 138 valence electrons. The Balaban J connectivity index is 1.75. The molecule has 0 spiro atoms. The molecule has 2 fully saturated rings. The fourth-order valence-electron chi connectivity index (χ4n) is 3.37. The van der Waals surface area contributed by atoms with Crippen LogP contribution in [-0.2, 0) is 21.3 Å². The molecular weight excluding hydrogens is 358 g/mol. The van der Waals surface area contributed by atoms with Crippen molar-refractivity contribution in [3.8, 4) is 22.9 Å². The highest BCUT2D eigenvalue weighted by Gasteiger charge is 2.45. The highest BCUT2D eigenvalue weighted by molar-refractivity contribution is 7.71. The molecule has 0 unspecified atom stereocenters. The molecule has 4 rings (SSSR count). The highest BCUT2D eigenvalue weighted by Crippen LogP contribution is 2.35. The van der Waals surface area contributed by atoms with Crippen molar-refractivity contribution in [2.24, 2.45) is 7.05 Å². The Hall–Kier alpha value is -2.23.